The maximum absolute atomic E-state index is 13.5. The number of aryl methyl sites for hydroxylation is 2. The largest absolute Gasteiger partial charge is 0.355 e. The van der Waals surface area contributed by atoms with Gasteiger partial charge in [-0.2, -0.15) is 0 Å². The average molecular weight is 494 g/mol. The van der Waals surface area contributed by atoms with Gasteiger partial charge >= 0.3 is 0 Å². The third-order valence-electron chi connectivity index (χ3n) is 5.32. The molecule has 2 aromatic rings. The fourth-order valence-electron chi connectivity index (χ4n) is 3.60. The summed E-state index contributed by atoms with van der Waals surface area (Å²) in [4.78, 5) is 27.8. The van der Waals surface area contributed by atoms with Crippen LogP contribution in [0.25, 0.3) is 0 Å². The Hall–Kier alpha value is -2.58. The molecular formula is C24H32ClN3O4S. The summed E-state index contributed by atoms with van der Waals surface area (Å²) in [7, 11) is -3.78. The lowest BCUT2D eigenvalue weighted by molar-refractivity contribution is -0.140. The SMILES string of the molecule is CCNC(=O)[C@H](CC)N(Cc1ccc(C)cc1)C(=O)CN(c1ccc(Cl)cc1C)S(C)(=O)=O. The lowest BCUT2D eigenvalue weighted by Crippen LogP contribution is -2.52. The third kappa shape index (κ3) is 7.20. The summed E-state index contributed by atoms with van der Waals surface area (Å²) < 4.78 is 26.3. The molecule has 0 heterocycles. The molecule has 0 saturated carbocycles. The molecule has 0 saturated heterocycles. The van der Waals surface area contributed by atoms with E-state index >= 15 is 0 Å². The first-order valence-corrected chi connectivity index (χ1v) is 13.1. The van der Waals surface area contributed by atoms with Crippen molar-refractivity contribution in [1.29, 1.82) is 0 Å². The van der Waals surface area contributed by atoms with Crippen molar-refractivity contribution in [2.75, 3.05) is 23.7 Å². The number of nitrogens with zero attached hydrogens (tertiary/aromatic N) is 2. The Morgan fingerprint density at radius 1 is 1.06 bits per heavy atom. The van der Waals surface area contributed by atoms with Crippen molar-refractivity contribution in [2.24, 2.45) is 0 Å². The molecule has 0 aliphatic rings. The number of benzene rings is 2. The minimum atomic E-state index is -3.78. The average Bonchev–Trinajstić information content (AvgIpc) is 2.73. The number of hydrogen-bond donors (Lipinski definition) is 1. The molecule has 2 rings (SSSR count). The van der Waals surface area contributed by atoms with Crippen molar-refractivity contribution in [3.63, 3.8) is 0 Å². The predicted molar refractivity (Wildman–Crippen MR) is 133 cm³/mol. The number of rotatable bonds is 10. The topological polar surface area (TPSA) is 86.8 Å². The summed E-state index contributed by atoms with van der Waals surface area (Å²) in [5, 5.41) is 3.25. The molecule has 0 radical (unpaired) electrons. The Labute approximate surface area is 201 Å². The smallest absolute Gasteiger partial charge is 0.244 e. The Morgan fingerprint density at radius 3 is 2.21 bits per heavy atom. The molecular weight excluding hydrogens is 462 g/mol. The van der Waals surface area contributed by atoms with E-state index in [0.29, 0.717) is 29.2 Å². The van der Waals surface area contributed by atoms with Gasteiger partial charge in [0.15, 0.2) is 0 Å². The van der Waals surface area contributed by atoms with E-state index in [-0.39, 0.29) is 12.5 Å². The standard InChI is InChI=1S/C24H32ClN3O4S/c1-6-21(24(30)26-7-2)27(15-19-10-8-17(3)9-11-19)23(29)16-28(33(5,31)32)22-13-12-20(25)14-18(22)4/h8-14,21H,6-7,15-16H2,1-5H3,(H,26,30)/t21-/m0/s1. The van der Waals surface area contributed by atoms with Gasteiger partial charge in [-0.15, -0.1) is 0 Å². The van der Waals surface area contributed by atoms with E-state index < -0.39 is 28.5 Å². The molecule has 0 aromatic heterocycles. The van der Waals surface area contributed by atoms with Gasteiger partial charge in [-0.05, 0) is 56.5 Å². The minimum absolute atomic E-state index is 0.186. The molecule has 2 amide bonds. The van der Waals surface area contributed by atoms with E-state index in [1.54, 1.807) is 25.1 Å². The first kappa shape index (κ1) is 26.7. The van der Waals surface area contributed by atoms with Crippen LogP contribution in [0.4, 0.5) is 5.69 Å². The molecule has 0 aliphatic heterocycles. The van der Waals surface area contributed by atoms with E-state index in [0.717, 1.165) is 21.7 Å². The normalized spacial score (nSPS) is 12.2. The molecule has 0 aliphatic carbocycles. The second kappa shape index (κ2) is 11.5. The van der Waals surface area contributed by atoms with Gasteiger partial charge in [0.2, 0.25) is 21.8 Å². The van der Waals surface area contributed by atoms with Crippen LogP contribution in [0.3, 0.4) is 0 Å². The van der Waals surface area contributed by atoms with Crippen LogP contribution in [-0.2, 0) is 26.2 Å². The van der Waals surface area contributed by atoms with Crippen molar-refractivity contribution in [3.8, 4) is 0 Å². The Kier molecular flexibility index (Phi) is 9.31. The Bertz CT molecular complexity index is 1090. The highest BCUT2D eigenvalue weighted by molar-refractivity contribution is 7.92. The zero-order valence-electron chi connectivity index (χ0n) is 19.8. The maximum atomic E-state index is 13.5. The molecule has 180 valence electrons. The number of nitrogens with one attached hydrogen (secondary N) is 1. The van der Waals surface area contributed by atoms with Crippen LogP contribution in [-0.4, -0.2) is 50.5 Å². The highest BCUT2D eigenvalue weighted by Gasteiger charge is 2.31. The molecule has 7 nitrogen and oxygen atoms in total. The number of likely N-dealkylation sites (N-methyl/N-ethyl adjacent to an activating group) is 1. The molecule has 0 bridgehead atoms. The van der Waals surface area contributed by atoms with E-state index in [9.17, 15) is 18.0 Å². The summed E-state index contributed by atoms with van der Waals surface area (Å²) in [6.45, 7) is 7.53. The van der Waals surface area contributed by atoms with Gasteiger partial charge in [0.1, 0.15) is 12.6 Å². The van der Waals surface area contributed by atoms with Crippen molar-refractivity contribution < 1.29 is 18.0 Å². The van der Waals surface area contributed by atoms with Gasteiger partial charge in [0, 0.05) is 18.1 Å². The number of sulfonamides is 1. The number of carbonyl (C=O) groups excluding carboxylic acids is 2. The van der Waals surface area contributed by atoms with Crippen molar-refractivity contribution in [3.05, 3.63) is 64.2 Å². The van der Waals surface area contributed by atoms with Crippen LogP contribution in [0, 0.1) is 13.8 Å². The second-order valence-electron chi connectivity index (χ2n) is 8.03. The Balaban J connectivity index is 2.45. The first-order valence-electron chi connectivity index (χ1n) is 10.8. The van der Waals surface area contributed by atoms with Gasteiger partial charge in [-0.3, -0.25) is 13.9 Å². The number of anilines is 1. The van der Waals surface area contributed by atoms with Gasteiger partial charge in [0.25, 0.3) is 0 Å². The number of hydrogen-bond acceptors (Lipinski definition) is 4. The van der Waals surface area contributed by atoms with Crippen molar-refractivity contribution in [2.45, 2.75) is 46.7 Å². The molecule has 1 atom stereocenters. The quantitative estimate of drug-likeness (QED) is 0.547. The third-order valence-corrected chi connectivity index (χ3v) is 6.68. The molecule has 9 heteroatoms. The van der Waals surface area contributed by atoms with Gasteiger partial charge in [-0.1, -0.05) is 48.4 Å². The van der Waals surface area contributed by atoms with Crippen LogP contribution in [0.15, 0.2) is 42.5 Å². The molecule has 1 N–H and O–H groups in total. The summed E-state index contributed by atoms with van der Waals surface area (Å²) in [6, 6.07) is 11.8. The van der Waals surface area contributed by atoms with Crippen LogP contribution in [0.5, 0.6) is 0 Å². The van der Waals surface area contributed by atoms with Crippen LogP contribution in [0.1, 0.15) is 37.0 Å². The summed E-state index contributed by atoms with van der Waals surface area (Å²) >= 11 is 6.03. The van der Waals surface area contributed by atoms with Gasteiger partial charge in [-0.25, -0.2) is 8.42 Å². The number of halogens is 1. The van der Waals surface area contributed by atoms with Gasteiger partial charge < -0.3 is 10.2 Å². The molecule has 0 spiro atoms. The highest BCUT2D eigenvalue weighted by atomic mass is 35.5. The summed E-state index contributed by atoms with van der Waals surface area (Å²) in [5.74, 6) is -0.734. The van der Waals surface area contributed by atoms with E-state index in [2.05, 4.69) is 5.32 Å². The van der Waals surface area contributed by atoms with Crippen LogP contribution >= 0.6 is 11.6 Å². The van der Waals surface area contributed by atoms with Crippen LogP contribution in [0.2, 0.25) is 5.02 Å². The van der Waals surface area contributed by atoms with E-state index in [1.807, 2.05) is 45.0 Å². The maximum Gasteiger partial charge on any atom is 0.244 e. The summed E-state index contributed by atoms with van der Waals surface area (Å²) in [5.41, 5.74) is 2.93. The summed E-state index contributed by atoms with van der Waals surface area (Å²) in [6.07, 6.45) is 1.45. The lowest BCUT2D eigenvalue weighted by atomic mass is 10.1. The highest BCUT2D eigenvalue weighted by Crippen LogP contribution is 2.26. The lowest BCUT2D eigenvalue weighted by Gasteiger charge is -2.33. The molecule has 33 heavy (non-hydrogen) atoms. The second-order valence-corrected chi connectivity index (χ2v) is 10.4. The van der Waals surface area contributed by atoms with Crippen LogP contribution < -0.4 is 9.62 Å². The number of amides is 2. The molecule has 0 fully saturated rings. The first-order chi connectivity index (χ1) is 15.5. The van der Waals surface area contributed by atoms with Gasteiger partial charge in [0.05, 0.1) is 11.9 Å². The minimum Gasteiger partial charge on any atom is -0.355 e. The van der Waals surface area contributed by atoms with Crippen molar-refractivity contribution in [1.82, 2.24) is 10.2 Å². The zero-order valence-corrected chi connectivity index (χ0v) is 21.3. The Morgan fingerprint density at radius 2 is 1.70 bits per heavy atom. The fourth-order valence-corrected chi connectivity index (χ4v) is 4.73. The number of carbonyl (C=O) groups is 2. The zero-order chi connectivity index (χ0) is 24.8. The van der Waals surface area contributed by atoms with Crippen molar-refractivity contribution >= 4 is 39.1 Å². The molecule has 2 aromatic carbocycles. The van der Waals surface area contributed by atoms with E-state index in [4.69, 9.17) is 11.6 Å². The predicted octanol–water partition coefficient (Wildman–Crippen LogP) is 3.67. The fraction of sp³-hybridized carbons (Fsp3) is 0.417. The molecule has 0 unspecified atom stereocenters. The monoisotopic (exact) mass is 493 g/mol. The van der Waals surface area contributed by atoms with E-state index in [1.165, 1.54) is 4.90 Å².